The van der Waals surface area contributed by atoms with Crippen molar-refractivity contribution in [1.82, 2.24) is 9.97 Å². The van der Waals surface area contributed by atoms with E-state index in [4.69, 9.17) is 10.7 Å². The maximum absolute atomic E-state index is 15.0. The summed E-state index contributed by atoms with van der Waals surface area (Å²) >= 11 is 1.25. The van der Waals surface area contributed by atoms with E-state index >= 15 is 0 Å². The molecule has 0 bridgehead atoms. The number of thiazole rings is 1. The molecule has 1 aliphatic carbocycles. The maximum atomic E-state index is 15.0. The van der Waals surface area contributed by atoms with Crippen molar-refractivity contribution in [3.8, 4) is 10.6 Å². The maximum Gasteiger partial charge on any atom is 0.491 e. The number of esters is 2. The lowest BCUT2D eigenvalue weighted by Crippen LogP contribution is -2.38. The van der Waals surface area contributed by atoms with Gasteiger partial charge in [0, 0.05) is 11.0 Å². The zero-order valence-electron chi connectivity index (χ0n) is 19.1. The van der Waals surface area contributed by atoms with Gasteiger partial charge in [-0.2, -0.15) is 13.2 Å². The minimum Gasteiger partial charge on any atom is -0.385 e. The van der Waals surface area contributed by atoms with Crippen molar-refractivity contribution in [1.29, 1.82) is 0 Å². The monoisotopic (exact) mass is 529 g/mol. The first-order valence-electron chi connectivity index (χ1n) is 11.3. The lowest BCUT2D eigenvalue weighted by Gasteiger charge is -2.14. The fraction of sp³-hybridized carbons (Fsp3) is 0.231. The van der Waals surface area contributed by atoms with E-state index in [1.165, 1.54) is 29.0 Å². The first kappa shape index (κ1) is 25.0. The molecule has 1 aliphatic rings. The molecule has 0 aliphatic heterocycles. The second kappa shape index (κ2) is 9.31. The minimum atomic E-state index is -5.32. The molecule has 0 spiro atoms. The summed E-state index contributed by atoms with van der Waals surface area (Å²) in [4.78, 5) is 32.5. The number of hydrogen-bond acceptors (Lipinski definition) is 7. The zero-order chi connectivity index (χ0) is 26.4. The van der Waals surface area contributed by atoms with Crippen molar-refractivity contribution in [2.75, 3.05) is 0 Å². The molecule has 0 saturated heterocycles. The highest BCUT2D eigenvalue weighted by Crippen LogP contribution is 2.53. The predicted molar refractivity (Wildman–Crippen MR) is 128 cm³/mol. The van der Waals surface area contributed by atoms with Crippen LogP contribution in [0.1, 0.15) is 29.7 Å². The fourth-order valence-electron chi connectivity index (χ4n) is 4.19. The van der Waals surface area contributed by atoms with Crippen LogP contribution in [-0.4, -0.2) is 34.1 Å². The molecule has 0 amide bonds. The van der Waals surface area contributed by atoms with Crippen LogP contribution < -0.4 is 5.73 Å². The van der Waals surface area contributed by atoms with E-state index in [9.17, 15) is 27.2 Å². The summed E-state index contributed by atoms with van der Waals surface area (Å²) in [6.07, 6.45) is -3.65. The van der Waals surface area contributed by atoms with Gasteiger partial charge in [0.1, 0.15) is 27.2 Å². The molecule has 1 fully saturated rings. The van der Waals surface area contributed by atoms with Gasteiger partial charge in [0.25, 0.3) is 0 Å². The second-order valence-electron chi connectivity index (χ2n) is 8.82. The van der Waals surface area contributed by atoms with E-state index in [1.54, 1.807) is 0 Å². The molecule has 2 aromatic heterocycles. The summed E-state index contributed by atoms with van der Waals surface area (Å²) in [5, 5.41) is 0.410. The Bertz CT molecular complexity index is 1500. The third-order valence-corrected chi connectivity index (χ3v) is 7.27. The first-order valence-corrected chi connectivity index (χ1v) is 12.1. The molecule has 5 rings (SSSR count). The van der Waals surface area contributed by atoms with E-state index in [0.717, 1.165) is 24.6 Å². The van der Waals surface area contributed by atoms with Crippen LogP contribution in [0.25, 0.3) is 20.9 Å². The van der Waals surface area contributed by atoms with Gasteiger partial charge >= 0.3 is 18.1 Å². The number of nitrogens with two attached hydrogens (primary N) is 1. The topological polar surface area (TPSA) is 95.2 Å². The summed E-state index contributed by atoms with van der Waals surface area (Å²) in [6.45, 7) is 0. The average Bonchev–Trinajstić information content (AvgIpc) is 3.57. The molecule has 2 heterocycles. The lowest BCUT2D eigenvalue weighted by molar-refractivity contribution is -0.202. The molecule has 1 atom stereocenters. The standard InChI is InChI=1S/C26H19F4N3O3S/c27-17-12-14(13-18(31)23(34)36-24(35)26(28,29)30)6-7-16(17)21-32-19-8-9-20(33-22(19)37-21)25(10-11-25)15-4-2-1-3-5-15/h1-9,12,18H,10-11,13,31H2/t18-/m0/s1. The van der Waals surface area contributed by atoms with Gasteiger partial charge in [-0.15, -0.1) is 0 Å². The van der Waals surface area contributed by atoms with Crippen molar-refractivity contribution >= 4 is 33.6 Å². The van der Waals surface area contributed by atoms with E-state index in [2.05, 4.69) is 21.9 Å². The minimum absolute atomic E-state index is 0.114. The Morgan fingerprint density at radius 1 is 1.05 bits per heavy atom. The van der Waals surface area contributed by atoms with Crippen LogP contribution in [-0.2, 0) is 26.2 Å². The number of carbonyl (C=O) groups is 2. The van der Waals surface area contributed by atoms with Crippen molar-refractivity contribution in [3.05, 3.63) is 83.3 Å². The molecule has 0 unspecified atom stereocenters. The van der Waals surface area contributed by atoms with Gasteiger partial charge in [0.2, 0.25) is 0 Å². The quantitative estimate of drug-likeness (QED) is 0.213. The number of hydrogen-bond donors (Lipinski definition) is 1. The zero-order valence-corrected chi connectivity index (χ0v) is 19.9. The highest BCUT2D eigenvalue weighted by molar-refractivity contribution is 7.21. The average molecular weight is 530 g/mol. The molecular formula is C26H19F4N3O3S. The van der Waals surface area contributed by atoms with E-state index in [1.807, 2.05) is 30.3 Å². The smallest absolute Gasteiger partial charge is 0.385 e. The van der Waals surface area contributed by atoms with Crippen molar-refractivity contribution in [3.63, 3.8) is 0 Å². The lowest BCUT2D eigenvalue weighted by atomic mass is 9.92. The third kappa shape index (κ3) is 4.96. The highest BCUT2D eigenvalue weighted by Gasteiger charge is 2.47. The Hall–Kier alpha value is -3.70. The molecule has 190 valence electrons. The highest BCUT2D eigenvalue weighted by atomic mass is 32.1. The number of carbonyl (C=O) groups excluding carboxylic acids is 2. The molecule has 11 heteroatoms. The van der Waals surface area contributed by atoms with Crippen LogP contribution in [0.4, 0.5) is 17.6 Å². The van der Waals surface area contributed by atoms with Gasteiger partial charge < -0.3 is 10.5 Å². The summed E-state index contributed by atoms with van der Waals surface area (Å²) in [6, 6.07) is 16.5. The Balaban J connectivity index is 1.34. The van der Waals surface area contributed by atoms with Gasteiger partial charge in [0.05, 0.1) is 5.69 Å². The summed E-state index contributed by atoms with van der Waals surface area (Å²) < 4.78 is 55.5. The molecule has 6 nitrogen and oxygen atoms in total. The van der Waals surface area contributed by atoms with Gasteiger partial charge in [-0.25, -0.2) is 23.9 Å². The summed E-state index contributed by atoms with van der Waals surface area (Å²) in [7, 11) is 0. The Morgan fingerprint density at radius 2 is 1.78 bits per heavy atom. The molecule has 2 aromatic carbocycles. The number of rotatable bonds is 6. The number of pyridine rings is 1. The van der Waals surface area contributed by atoms with E-state index < -0.39 is 30.0 Å². The predicted octanol–water partition coefficient (Wildman–Crippen LogP) is 5.08. The molecule has 2 N–H and O–H groups in total. The fourth-order valence-corrected chi connectivity index (χ4v) is 5.16. The summed E-state index contributed by atoms with van der Waals surface area (Å²) in [5.74, 6) is -4.85. The second-order valence-corrected chi connectivity index (χ2v) is 9.80. The van der Waals surface area contributed by atoms with Crippen molar-refractivity contribution in [2.45, 2.75) is 36.9 Å². The normalized spacial score (nSPS) is 15.4. The van der Waals surface area contributed by atoms with Crippen LogP contribution in [0.15, 0.2) is 60.7 Å². The Kier molecular flexibility index (Phi) is 6.28. The van der Waals surface area contributed by atoms with Crippen LogP contribution in [0.5, 0.6) is 0 Å². The number of nitrogens with zero attached hydrogens (tertiary/aromatic N) is 2. The number of fused-ring (bicyclic) bond motifs is 1. The van der Waals surface area contributed by atoms with Crippen molar-refractivity contribution in [2.24, 2.45) is 5.73 Å². The Morgan fingerprint density at radius 3 is 2.43 bits per heavy atom. The van der Waals surface area contributed by atoms with E-state index in [0.29, 0.717) is 15.4 Å². The van der Waals surface area contributed by atoms with Crippen LogP contribution >= 0.6 is 11.3 Å². The van der Waals surface area contributed by atoms with Gasteiger partial charge in [-0.3, -0.25) is 0 Å². The molecule has 0 radical (unpaired) electrons. The number of halogens is 4. The van der Waals surface area contributed by atoms with Gasteiger partial charge in [-0.05, 0) is 54.7 Å². The number of benzene rings is 2. The largest absolute Gasteiger partial charge is 0.491 e. The number of ether oxygens (including phenoxy) is 1. The third-order valence-electron chi connectivity index (χ3n) is 6.27. The number of aromatic nitrogens is 2. The molecule has 4 aromatic rings. The molecule has 1 saturated carbocycles. The molecule has 37 heavy (non-hydrogen) atoms. The Labute approximate surface area is 212 Å². The SMILES string of the molecule is N[C@@H](Cc1ccc(-c2nc3ccc(C4(c5ccccc5)CC4)nc3s2)c(F)c1)C(=O)OC(=O)C(F)(F)F. The first-order chi connectivity index (χ1) is 17.6. The number of alkyl halides is 3. The van der Waals surface area contributed by atoms with Gasteiger partial charge in [0.15, 0.2) is 0 Å². The van der Waals surface area contributed by atoms with Crippen LogP contribution in [0.3, 0.4) is 0 Å². The molecular weight excluding hydrogens is 510 g/mol. The summed E-state index contributed by atoms with van der Waals surface area (Å²) in [5.41, 5.74) is 8.68. The van der Waals surface area contributed by atoms with E-state index in [-0.39, 0.29) is 23.0 Å². The van der Waals surface area contributed by atoms with Crippen LogP contribution in [0, 0.1) is 5.82 Å². The van der Waals surface area contributed by atoms with Crippen LogP contribution in [0.2, 0.25) is 0 Å². The van der Waals surface area contributed by atoms with Crippen molar-refractivity contribution < 1.29 is 31.9 Å². The van der Waals surface area contributed by atoms with Gasteiger partial charge in [-0.1, -0.05) is 47.7 Å².